The van der Waals surface area contributed by atoms with Gasteiger partial charge in [-0.05, 0) is 103 Å². The lowest BCUT2D eigenvalue weighted by Crippen LogP contribution is -2.60. The molecule has 0 bridgehead atoms. The number of aliphatic hydroxyl groups excluding tert-OH is 5. The molecular weight excluding hydrogens is 851 g/mol. The number of aliphatic hydroxyl groups is 5. The van der Waals surface area contributed by atoms with Gasteiger partial charge in [0.1, 0.15) is 24.4 Å². The van der Waals surface area contributed by atoms with Gasteiger partial charge in [-0.3, -0.25) is 4.79 Å². The summed E-state index contributed by atoms with van der Waals surface area (Å²) in [6, 6.07) is -0.838. The molecule has 1 fully saturated rings. The molecule has 1 rings (SSSR count). The predicted octanol–water partition coefficient (Wildman–Crippen LogP) is 12.3. The first-order chi connectivity index (χ1) is 33.3. The maximum Gasteiger partial charge on any atom is 0.220 e. The van der Waals surface area contributed by atoms with Crippen molar-refractivity contribution in [2.45, 2.75) is 204 Å². The molecular formula is C59H93NO8. The van der Waals surface area contributed by atoms with E-state index in [1.165, 1.54) is 0 Å². The molecule has 1 aliphatic heterocycles. The molecule has 382 valence electrons. The van der Waals surface area contributed by atoms with Gasteiger partial charge in [-0.2, -0.15) is 0 Å². The highest BCUT2D eigenvalue weighted by atomic mass is 16.7. The van der Waals surface area contributed by atoms with Gasteiger partial charge in [0.05, 0.1) is 25.4 Å². The maximum atomic E-state index is 12.9. The predicted molar refractivity (Wildman–Crippen MR) is 285 cm³/mol. The number of allylic oxidation sites excluding steroid dienone is 23. The smallest absolute Gasteiger partial charge is 0.220 e. The van der Waals surface area contributed by atoms with E-state index in [0.717, 1.165) is 141 Å². The summed E-state index contributed by atoms with van der Waals surface area (Å²) in [5.41, 5.74) is 0. The van der Waals surface area contributed by atoms with Crippen molar-refractivity contribution < 1.29 is 39.8 Å². The summed E-state index contributed by atoms with van der Waals surface area (Å²) in [5, 5.41) is 54.0. The summed E-state index contributed by atoms with van der Waals surface area (Å²) in [7, 11) is 0. The largest absolute Gasteiger partial charge is 0.394 e. The molecule has 0 aromatic rings. The van der Waals surface area contributed by atoms with Crippen LogP contribution < -0.4 is 5.32 Å². The van der Waals surface area contributed by atoms with Crippen molar-refractivity contribution in [3.63, 3.8) is 0 Å². The lowest BCUT2D eigenvalue weighted by Gasteiger charge is -2.40. The fraction of sp³-hybridized carbons (Fsp3) is 0.576. The highest BCUT2D eigenvalue weighted by Gasteiger charge is 2.44. The molecule has 7 unspecified atom stereocenters. The Hall–Kier alpha value is -3.93. The number of hydrogen-bond acceptors (Lipinski definition) is 8. The van der Waals surface area contributed by atoms with Gasteiger partial charge in [0.2, 0.25) is 5.91 Å². The first kappa shape index (κ1) is 62.1. The number of nitrogens with one attached hydrogen (secondary N) is 1. The SMILES string of the molecule is CC/C=C\C/C=C\C/C=C\C/C=C\C/C=C\C/C=C\C/C=C\C/C=C\C/C=C\C/C=C\CCCCCCCCC(=O)NC(COC1OC(CO)C(O)C(O)C1O)C(O)/C=C/CC/C=C/CCCC. The Morgan fingerprint density at radius 2 is 0.926 bits per heavy atom. The van der Waals surface area contributed by atoms with Gasteiger partial charge in [0.25, 0.3) is 0 Å². The lowest BCUT2D eigenvalue weighted by atomic mass is 9.99. The van der Waals surface area contributed by atoms with Crippen molar-refractivity contribution in [1.82, 2.24) is 5.32 Å². The van der Waals surface area contributed by atoms with Crippen LogP contribution in [-0.4, -0.2) is 87.5 Å². The zero-order chi connectivity index (χ0) is 49.4. The number of amides is 1. The van der Waals surface area contributed by atoms with Gasteiger partial charge in [-0.25, -0.2) is 0 Å². The van der Waals surface area contributed by atoms with Crippen molar-refractivity contribution in [3.8, 4) is 0 Å². The molecule has 1 aliphatic rings. The Morgan fingerprint density at radius 1 is 0.515 bits per heavy atom. The minimum atomic E-state index is -1.58. The quantitative estimate of drug-likeness (QED) is 0.0262. The van der Waals surface area contributed by atoms with E-state index in [-0.39, 0.29) is 12.5 Å². The standard InChI is InChI=1S/C59H93NO8/c1-3-5-7-9-11-13-14-15-16-17-18-19-20-21-22-23-24-25-26-27-28-29-30-31-32-33-34-35-36-37-38-39-40-41-43-45-47-49-55(63)60-52(53(62)48-46-44-42-12-10-8-6-4-2)51-67-59-58(66)57(65)56(64)54(50-61)68-59/h5,7,10-13,15-16,18-19,21-22,24-25,27-28,30-31,33-34,36-37,46,48,52-54,56-59,61-62,64-66H,3-4,6,8-9,14,17,20,23,26,29,32,35,38-45,47,49-51H2,1-2H3,(H,60,63)/b7-5-,12-10+,13-11-,16-15-,19-18-,22-21-,25-24-,28-27-,31-30-,34-33-,37-36-,48-46+. The maximum absolute atomic E-state index is 12.9. The van der Waals surface area contributed by atoms with Gasteiger partial charge in [-0.15, -0.1) is 0 Å². The van der Waals surface area contributed by atoms with Crippen molar-refractivity contribution in [3.05, 3.63) is 146 Å². The topological polar surface area (TPSA) is 149 Å². The molecule has 1 amide bonds. The number of ether oxygens (including phenoxy) is 2. The average molecular weight is 944 g/mol. The van der Waals surface area contributed by atoms with E-state index < -0.39 is 49.5 Å². The van der Waals surface area contributed by atoms with Gasteiger partial charge in [0.15, 0.2) is 6.29 Å². The van der Waals surface area contributed by atoms with Crippen LogP contribution in [0.5, 0.6) is 0 Å². The molecule has 6 N–H and O–H groups in total. The summed E-state index contributed by atoms with van der Waals surface area (Å²) in [5.74, 6) is -0.213. The minimum Gasteiger partial charge on any atom is -0.394 e. The Kier molecular flexibility index (Phi) is 42.7. The van der Waals surface area contributed by atoms with Crippen LogP contribution in [0, 0.1) is 0 Å². The average Bonchev–Trinajstić information content (AvgIpc) is 3.34. The Labute approximate surface area is 413 Å². The Bertz CT molecular complexity index is 1560. The van der Waals surface area contributed by atoms with E-state index in [2.05, 4.69) is 153 Å². The molecule has 7 atom stereocenters. The summed E-state index contributed by atoms with van der Waals surface area (Å²) >= 11 is 0. The van der Waals surface area contributed by atoms with Crippen molar-refractivity contribution >= 4 is 5.91 Å². The van der Waals surface area contributed by atoms with Crippen LogP contribution in [0.3, 0.4) is 0 Å². The van der Waals surface area contributed by atoms with Crippen LogP contribution >= 0.6 is 0 Å². The number of rotatable bonds is 41. The molecule has 0 radical (unpaired) electrons. The molecule has 9 heteroatoms. The van der Waals surface area contributed by atoms with Crippen LogP contribution in [0.4, 0.5) is 0 Å². The first-order valence-corrected chi connectivity index (χ1v) is 26.1. The Morgan fingerprint density at radius 3 is 1.41 bits per heavy atom. The van der Waals surface area contributed by atoms with Crippen LogP contribution in [0.15, 0.2) is 146 Å². The second kappa shape index (κ2) is 46.8. The van der Waals surface area contributed by atoms with Crippen LogP contribution in [-0.2, 0) is 14.3 Å². The van der Waals surface area contributed by atoms with Crippen LogP contribution in [0.25, 0.3) is 0 Å². The van der Waals surface area contributed by atoms with Gasteiger partial charge < -0.3 is 40.3 Å². The Balaban J connectivity index is 2.17. The van der Waals surface area contributed by atoms with Crippen molar-refractivity contribution in [2.24, 2.45) is 0 Å². The van der Waals surface area contributed by atoms with Gasteiger partial charge in [-0.1, -0.05) is 198 Å². The molecule has 1 heterocycles. The third kappa shape index (κ3) is 36.1. The fourth-order valence-corrected chi connectivity index (χ4v) is 7.01. The zero-order valence-corrected chi connectivity index (χ0v) is 42.0. The lowest BCUT2D eigenvalue weighted by molar-refractivity contribution is -0.302. The second-order valence-corrected chi connectivity index (χ2v) is 17.2. The first-order valence-electron chi connectivity index (χ1n) is 26.1. The number of hydrogen-bond donors (Lipinski definition) is 6. The van der Waals surface area contributed by atoms with Crippen LogP contribution in [0.1, 0.15) is 162 Å². The van der Waals surface area contributed by atoms with E-state index in [1.54, 1.807) is 6.08 Å². The third-order valence-corrected chi connectivity index (χ3v) is 11.1. The summed E-state index contributed by atoms with van der Waals surface area (Å²) < 4.78 is 11.1. The second-order valence-electron chi connectivity index (χ2n) is 17.2. The van der Waals surface area contributed by atoms with Crippen molar-refractivity contribution in [1.29, 1.82) is 0 Å². The monoisotopic (exact) mass is 944 g/mol. The van der Waals surface area contributed by atoms with Gasteiger partial charge >= 0.3 is 0 Å². The van der Waals surface area contributed by atoms with Crippen LogP contribution in [0.2, 0.25) is 0 Å². The molecule has 0 aromatic carbocycles. The molecule has 0 saturated carbocycles. The summed E-state index contributed by atoms with van der Waals surface area (Å²) in [6.07, 6.45) is 66.5. The molecule has 0 spiro atoms. The minimum absolute atomic E-state index is 0.213. The number of unbranched alkanes of at least 4 members (excludes halogenated alkanes) is 9. The van der Waals surface area contributed by atoms with E-state index in [0.29, 0.717) is 6.42 Å². The molecule has 0 aromatic heterocycles. The summed E-state index contributed by atoms with van der Waals surface area (Å²) in [4.78, 5) is 12.9. The number of carbonyl (C=O) groups excluding carboxylic acids is 1. The highest BCUT2D eigenvalue weighted by molar-refractivity contribution is 5.76. The fourth-order valence-electron chi connectivity index (χ4n) is 7.01. The molecule has 0 aliphatic carbocycles. The molecule has 9 nitrogen and oxygen atoms in total. The number of carbonyl (C=O) groups is 1. The van der Waals surface area contributed by atoms with Gasteiger partial charge in [0, 0.05) is 6.42 Å². The zero-order valence-electron chi connectivity index (χ0n) is 42.0. The molecule has 68 heavy (non-hydrogen) atoms. The normalized spacial score (nSPS) is 20.8. The van der Waals surface area contributed by atoms with E-state index in [1.807, 2.05) is 6.08 Å². The third-order valence-electron chi connectivity index (χ3n) is 11.1. The highest BCUT2D eigenvalue weighted by Crippen LogP contribution is 2.22. The summed E-state index contributed by atoms with van der Waals surface area (Å²) in [6.45, 7) is 3.52. The van der Waals surface area contributed by atoms with E-state index in [4.69, 9.17) is 9.47 Å². The van der Waals surface area contributed by atoms with Crippen molar-refractivity contribution in [2.75, 3.05) is 13.2 Å². The molecule has 1 saturated heterocycles. The van der Waals surface area contributed by atoms with E-state index in [9.17, 15) is 30.3 Å². The van der Waals surface area contributed by atoms with E-state index >= 15 is 0 Å².